The Hall–Kier alpha value is 0.120. The average molecular weight is 2270 g/mol. The minimum atomic E-state index is -3.65. The maximum absolute atomic E-state index is 11.9. The SMILES string of the molecule is CC(=O)NC1[C@H](OCCCCO[P+](O)(S)OCCCOCC(COCCCO[P+](O)(S)OCCCCO[C@@H]2OC(CO)[C@H](O)[C@H](O)C2NC(C)=O)(COCCCO[P+](O)(S)OCCCCO[C@@H]2OC(CO)[C@H](O)[C@H](O)C2NC(C)=O)OCCCCCCCCOP(O)(=S)OC[C@@H](C)[C@@H](C)[C@@H](C)[C@@H](C)[C@@H](C)[C@@H](C)[C@@H](C)[C@@H](C)[C@@H](C)[C@@H](C)[C@@H](C)[C@@H](C)[C@@H](C)[C@@H](C)[C@@H](C)[C@@H](C)[C@@H](C)[C@@H](C)[C@@H](C)[C@@H](C)[C@@H](C)CO)OC(CO)[C@H](O)[C@@H]1O. The number of ether oxygens (including phenoxy) is 10. The molecule has 0 aromatic rings. The molecule has 3 saturated heterocycles. The van der Waals surface area contributed by atoms with Gasteiger partial charge in [0, 0.05) is 73.6 Å². The van der Waals surface area contributed by atoms with Crippen molar-refractivity contribution in [3.05, 3.63) is 0 Å². The fourth-order valence-corrected chi connectivity index (χ4v) is 25.1. The third kappa shape index (κ3) is 50.9. The van der Waals surface area contributed by atoms with Gasteiger partial charge in [0.1, 0.15) is 98.5 Å². The summed E-state index contributed by atoms with van der Waals surface area (Å²) < 4.78 is 106. The van der Waals surface area contributed by atoms with Gasteiger partial charge in [-0.2, -0.15) is 41.8 Å². The normalized spacial score (nSPS) is 28.2. The molecule has 0 aromatic heterocycles. The molecule has 0 radical (unpaired) electrons. The Bertz CT molecular complexity index is 3330. The fraction of sp³-hybridized carbons (Fsp3) is 0.970. The lowest BCUT2D eigenvalue weighted by molar-refractivity contribution is -0.270. The Morgan fingerprint density at radius 3 is 0.796 bits per heavy atom. The van der Waals surface area contributed by atoms with Gasteiger partial charge in [-0.25, -0.2) is 0 Å². The molecule has 0 spiro atoms. The molecular formula is C101H202N3O35P4S4+3. The molecule has 3 heterocycles. The predicted molar refractivity (Wildman–Crippen MR) is 582 cm³/mol. The van der Waals surface area contributed by atoms with Gasteiger partial charge >= 0.3 is 28.2 Å². The van der Waals surface area contributed by atoms with Gasteiger partial charge in [-0.15, -0.1) is 0 Å². The summed E-state index contributed by atoms with van der Waals surface area (Å²) in [7, 11) is -11.0. The molecule has 3 amide bonds. The molecule has 0 saturated carbocycles. The van der Waals surface area contributed by atoms with Crippen LogP contribution in [0.5, 0.6) is 0 Å². The molecule has 3 fully saturated rings. The predicted octanol–water partition coefficient (Wildman–Crippen LogP) is 13.0. The highest BCUT2D eigenvalue weighted by Crippen LogP contribution is 2.63. The molecule has 3 aliphatic rings. The van der Waals surface area contributed by atoms with Crippen LogP contribution in [-0.4, -0.2) is 331 Å². The van der Waals surface area contributed by atoms with Crippen molar-refractivity contribution in [2.24, 2.45) is 124 Å². The number of hydrogen-bond donors (Lipinski definition) is 20. The Morgan fingerprint density at radius 2 is 0.544 bits per heavy atom. The maximum Gasteiger partial charge on any atom is 0.475 e. The molecule has 0 aromatic carbocycles. The van der Waals surface area contributed by atoms with Crippen LogP contribution < -0.4 is 16.0 Å². The highest BCUT2D eigenvalue weighted by molar-refractivity contribution is 8.48. The van der Waals surface area contributed by atoms with Gasteiger partial charge in [-0.1, -0.05) is 171 Å². The van der Waals surface area contributed by atoms with E-state index in [0.29, 0.717) is 164 Å². The topological polar surface area (TPSA) is 537 Å². The summed E-state index contributed by atoms with van der Waals surface area (Å²) in [5, 5.41) is 110. The van der Waals surface area contributed by atoms with Gasteiger partial charge in [0.25, 0.3) is 0 Å². The van der Waals surface area contributed by atoms with Crippen molar-refractivity contribution < 1.29 is 169 Å². The number of thiol groups is 3. The van der Waals surface area contributed by atoms with Crippen molar-refractivity contribution in [1.29, 1.82) is 0 Å². The molecule has 0 bridgehead atoms. The van der Waals surface area contributed by atoms with Crippen LogP contribution in [0, 0.1) is 124 Å². The lowest BCUT2D eigenvalue weighted by Gasteiger charge is -2.44. The number of nitrogens with one attached hydrogen (secondary N) is 3. The average Bonchev–Trinajstić information content (AvgIpc) is 0.809. The van der Waals surface area contributed by atoms with Crippen molar-refractivity contribution in [3.8, 4) is 0 Å². The van der Waals surface area contributed by atoms with Crippen LogP contribution in [0.25, 0.3) is 0 Å². The molecule has 3 aliphatic heterocycles. The van der Waals surface area contributed by atoms with Crippen LogP contribution in [0.4, 0.5) is 0 Å². The number of aliphatic hydroxyl groups is 10. The van der Waals surface area contributed by atoms with Crippen LogP contribution in [0.3, 0.4) is 0 Å². The van der Waals surface area contributed by atoms with E-state index >= 15 is 0 Å². The van der Waals surface area contributed by atoms with Gasteiger partial charge in [0.2, 0.25) is 17.7 Å². The van der Waals surface area contributed by atoms with Gasteiger partial charge in [0.15, 0.2) is 18.9 Å². The first-order valence-corrected chi connectivity index (χ1v) is 64.8. The molecular weight excluding hydrogens is 2070 g/mol. The van der Waals surface area contributed by atoms with Crippen LogP contribution in [0.2, 0.25) is 0 Å². The maximum atomic E-state index is 11.9. The highest BCUT2D eigenvalue weighted by Gasteiger charge is 2.51. The number of unbranched alkanes of at least 4 members (excludes halogenated alkanes) is 8. The smallest absolute Gasteiger partial charge is 0.396 e. The monoisotopic (exact) mass is 2270 g/mol. The van der Waals surface area contributed by atoms with Gasteiger partial charge in [-0.05, 0) is 207 Å². The van der Waals surface area contributed by atoms with Crippen LogP contribution >= 0.6 is 64.9 Å². The van der Waals surface area contributed by atoms with Crippen molar-refractivity contribution in [2.45, 2.75) is 360 Å². The summed E-state index contributed by atoms with van der Waals surface area (Å²) in [6, 6.07) is -3.34. The first kappa shape index (κ1) is 141. The second-order valence-electron chi connectivity index (χ2n) is 42.9. The standard InChI is InChI=1S/C101H199N3O35P4S4/c1-62(54-105)64(3)66(5)68(7)70(9)72(11)74(13)76(15)78(17)80(19)82(21)81(20)79(18)77(16)75(14)73(12)71(10)69(8)67(6)65(4)63(2)58-136-143(121,147)132-47-30-28-26-25-27-29-46-128-101(59-122-40-37-51-133-140(118,144)129-48-34-31-43-125-98-89(102-83(22)109)95(115)92(112)86(55-106)137-98,60-123-41-38-52-134-141(119,145)130-49-35-32-44-126-99-90(103-84(23)110)96(116)93(113)87(56-107)138-99)61-124-42-39-53-135-142(120,146)131-50-36-33-45-127-100-91(104-85(24)111)97(117)94(114)88(57-108)139-100/h62-82,86-100,105-108,112-120,144-146H,25-61H2,1-24H3,(H-3,102,103,104,109,110,111,121,147)/p+3/t62-,63+,64-,65+,66-,67+,68-,69+,70-,71+,72-,73+,74-,75+,76-,77+,78-,79+,80-,81+,82-,86?,87?,88?,89?,90?,91?,92-,93-,94-,95+,96+,97+,98+,99+,100+,101?,140?,141?,142?,143?/m0/s1. The summed E-state index contributed by atoms with van der Waals surface area (Å²) in [4.78, 5) is 80.3. The summed E-state index contributed by atoms with van der Waals surface area (Å²) in [5.41, 5.74) is -1.26. The van der Waals surface area contributed by atoms with Crippen molar-refractivity contribution in [3.63, 3.8) is 0 Å². The summed E-state index contributed by atoms with van der Waals surface area (Å²) in [6.07, 6.45) is -8.43. The molecule has 17 N–H and O–H groups in total. The van der Waals surface area contributed by atoms with E-state index in [1.54, 1.807) is 0 Å². The molecule has 3 rings (SSSR count). The number of carbonyl (C=O) groups is 3. The number of hydrogen-bond acceptors (Lipinski definition) is 38. The molecule has 38 nitrogen and oxygen atoms in total. The Balaban J connectivity index is 1.69. The molecule has 46 heteroatoms. The first-order chi connectivity index (χ1) is 69.0. The van der Waals surface area contributed by atoms with E-state index < -0.39 is 163 Å². The lowest BCUT2D eigenvalue weighted by atomic mass is 9.61. The zero-order valence-electron chi connectivity index (χ0n) is 92.8. The largest absolute Gasteiger partial charge is 0.475 e. The van der Waals surface area contributed by atoms with E-state index in [9.17, 15) is 85.0 Å². The first-order valence-electron chi connectivity index (χ1n) is 54.0. The van der Waals surface area contributed by atoms with Crippen LogP contribution in [0.1, 0.15) is 262 Å². The Morgan fingerprint density at radius 1 is 0.320 bits per heavy atom. The third-order valence-electron chi connectivity index (χ3n) is 32.9. The van der Waals surface area contributed by atoms with E-state index in [-0.39, 0.29) is 157 Å². The minimum Gasteiger partial charge on any atom is -0.396 e. The van der Waals surface area contributed by atoms with Gasteiger partial charge < -0.3 is 128 Å². The number of rotatable bonds is 83. The molecule has 40 atom stereocenters. The number of amides is 3. The summed E-state index contributed by atoms with van der Waals surface area (Å²) >= 11 is 18.5. The highest BCUT2D eigenvalue weighted by atomic mass is 32.7. The Labute approximate surface area is 903 Å². The van der Waals surface area contributed by atoms with Crippen molar-refractivity contribution in [2.75, 3.05) is 145 Å². The molecule has 872 valence electrons. The fourth-order valence-electron chi connectivity index (χ4n) is 19.9. The Kier molecular flexibility index (Phi) is 70.3. The van der Waals surface area contributed by atoms with E-state index in [4.69, 9.17) is 95.4 Å². The van der Waals surface area contributed by atoms with Crippen molar-refractivity contribution in [1.82, 2.24) is 16.0 Å². The quantitative estimate of drug-likeness (QED) is 0.0153. The van der Waals surface area contributed by atoms with Gasteiger partial charge in [0.05, 0.1) is 109 Å². The van der Waals surface area contributed by atoms with E-state index in [1.807, 2.05) is 0 Å². The van der Waals surface area contributed by atoms with E-state index in [2.05, 4.69) is 198 Å². The van der Waals surface area contributed by atoms with Crippen LogP contribution in [-0.2, 0) is 110 Å². The summed E-state index contributed by atoms with van der Waals surface area (Å²) in [6.45, 7) is 50.4. The van der Waals surface area contributed by atoms with Crippen LogP contribution in [0.15, 0.2) is 0 Å². The van der Waals surface area contributed by atoms with Crippen molar-refractivity contribution >= 4 is 94.4 Å². The van der Waals surface area contributed by atoms with Gasteiger partial charge in [-0.3, -0.25) is 14.4 Å². The zero-order chi connectivity index (χ0) is 111. The van der Waals surface area contributed by atoms with E-state index in [0.717, 1.165) is 25.7 Å². The minimum absolute atomic E-state index is 0.00492. The molecule has 0 aliphatic carbocycles. The summed E-state index contributed by atoms with van der Waals surface area (Å²) in [5.74, 6) is 8.82. The third-order valence-corrected chi connectivity index (χ3v) is 39.7. The second-order valence-corrected chi connectivity index (χ2v) is 54.8. The lowest BCUT2D eigenvalue weighted by Crippen LogP contribution is -2.64. The molecule has 147 heavy (non-hydrogen) atoms. The number of aliphatic hydroxyl groups excluding tert-OH is 10. The second kappa shape index (κ2) is 73.1. The number of carbonyl (C=O) groups excluding carboxylic acids is 3. The molecule has 10 unspecified atom stereocenters. The zero-order valence-corrected chi connectivity index (χ0v) is 99.9. The van der Waals surface area contributed by atoms with E-state index in [1.165, 1.54) is 20.8 Å².